The Balaban J connectivity index is 1.48. The molecule has 26 heavy (non-hydrogen) atoms. The number of nitrogens with zero attached hydrogens (tertiary/aromatic N) is 1. The second kappa shape index (κ2) is 7.45. The number of ether oxygens (including phenoxy) is 1. The van der Waals surface area contributed by atoms with Crippen LogP contribution in [-0.4, -0.2) is 12.1 Å². The van der Waals surface area contributed by atoms with Crippen molar-refractivity contribution in [2.45, 2.75) is 6.54 Å². The van der Waals surface area contributed by atoms with Crippen LogP contribution in [0.2, 0.25) is 0 Å². The Hall–Kier alpha value is -3.05. The predicted molar refractivity (Wildman–Crippen MR) is 106 cm³/mol. The summed E-state index contributed by atoms with van der Waals surface area (Å²) in [6.07, 6.45) is 3.10. The zero-order valence-electron chi connectivity index (χ0n) is 14.3. The van der Waals surface area contributed by atoms with Crippen LogP contribution in [0.15, 0.2) is 77.7 Å². The fourth-order valence-corrected chi connectivity index (χ4v) is 3.73. The van der Waals surface area contributed by atoms with E-state index in [4.69, 9.17) is 9.15 Å². The van der Waals surface area contributed by atoms with Crippen molar-refractivity contribution in [3.63, 3.8) is 0 Å². The Bertz CT molecular complexity index is 978. The number of nitrogens with one attached hydrogen (secondary N) is 1. The molecule has 0 aliphatic rings. The van der Waals surface area contributed by atoms with Gasteiger partial charge >= 0.3 is 0 Å². The van der Waals surface area contributed by atoms with Crippen molar-refractivity contribution in [2.24, 2.45) is 0 Å². The Morgan fingerprint density at radius 2 is 1.96 bits per heavy atom. The molecule has 0 fully saturated rings. The molecule has 0 spiro atoms. The van der Waals surface area contributed by atoms with Gasteiger partial charge in [-0.3, -0.25) is 0 Å². The maximum Gasteiger partial charge on any atom is 0.181 e. The summed E-state index contributed by atoms with van der Waals surface area (Å²) in [5.41, 5.74) is 3.14. The molecule has 1 N–H and O–H groups in total. The molecule has 0 saturated heterocycles. The smallest absolute Gasteiger partial charge is 0.181 e. The molecule has 130 valence electrons. The number of rotatable bonds is 6. The van der Waals surface area contributed by atoms with Gasteiger partial charge in [0.05, 0.1) is 18.9 Å². The van der Waals surface area contributed by atoms with Crippen LogP contribution in [0.4, 0.5) is 5.69 Å². The molecule has 4 nitrogen and oxygen atoms in total. The Morgan fingerprint density at radius 1 is 1.08 bits per heavy atom. The van der Waals surface area contributed by atoms with Crippen LogP contribution in [0.1, 0.15) is 4.88 Å². The number of benzene rings is 2. The topological polar surface area (TPSA) is 47.3 Å². The molecule has 0 saturated carbocycles. The second-order valence-electron chi connectivity index (χ2n) is 5.77. The van der Waals surface area contributed by atoms with Gasteiger partial charge in [-0.25, -0.2) is 4.98 Å². The molecule has 0 aliphatic carbocycles. The van der Waals surface area contributed by atoms with Gasteiger partial charge in [0, 0.05) is 28.1 Å². The molecule has 2 aromatic heterocycles. The predicted octanol–water partition coefficient (Wildman–Crippen LogP) is 5.69. The number of anilines is 1. The Kier molecular flexibility index (Phi) is 4.71. The summed E-state index contributed by atoms with van der Waals surface area (Å²) in [5.74, 6) is 1.45. The zero-order valence-corrected chi connectivity index (χ0v) is 15.1. The van der Waals surface area contributed by atoms with Crippen LogP contribution in [0.3, 0.4) is 0 Å². The summed E-state index contributed by atoms with van der Waals surface area (Å²) in [5, 5.41) is 3.46. The first-order valence-corrected chi connectivity index (χ1v) is 9.10. The van der Waals surface area contributed by atoms with Crippen LogP contribution in [0, 0.1) is 0 Å². The highest BCUT2D eigenvalue weighted by Crippen LogP contribution is 2.33. The monoisotopic (exact) mass is 362 g/mol. The van der Waals surface area contributed by atoms with Crippen molar-refractivity contribution < 1.29 is 9.15 Å². The van der Waals surface area contributed by atoms with Crippen molar-refractivity contribution in [3.8, 4) is 27.5 Å². The molecule has 0 aliphatic heterocycles. The minimum atomic E-state index is 0.694. The van der Waals surface area contributed by atoms with Gasteiger partial charge in [-0.15, -0.1) is 11.3 Å². The summed E-state index contributed by atoms with van der Waals surface area (Å²) in [4.78, 5) is 6.52. The van der Waals surface area contributed by atoms with Crippen molar-refractivity contribution in [2.75, 3.05) is 12.4 Å². The zero-order chi connectivity index (χ0) is 17.8. The van der Waals surface area contributed by atoms with E-state index in [9.17, 15) is 0 Å². The number of hydrogen-bond donors (Lipinski definition) is 1. The van der Waals surface area contributed by atoms with Crippen molar-refractivity contribution in [1.29, 1.82) is 0 Å². The van der Waals surface area contributed by atoms with Gasteiger partial charge < -0.3 is 14.5 Å². The van der Waals surface area contributed by atoms with Crippen LogP contribution in [0.25, 0.3) is 21.8 Å². The van der Waals surface area contributed by atoms with Gasteiger partial charge in [0.15, 0.2) is 12.2 Å². The molecule has 0 unspecified atom stereocenters. The van der Waals surface area contributed by atoms with E-state index in [0.717, 1.165) is 23.5 Å². The fraction of sp³-hybridized carbons (Fsp3) is 0.0952. The lowest BCUT2D eigenvalue weighted by molar-refractivity contribution is 0.415. The van der Waals surface area contributed by atoms with Crippen molar-refractivity contribution in [3.05, 3.63) is 78.1 Å². The molecule has 0 atom stereocenters. The lowest BCUT2D eigenvalue weighted by Gasteiger charge is -2.10. The maximum absolute atomic E-state index is 5.50. The van der Waals surface area contributed by atoms with E-state index >= 15 is 0 Å². The first-order chi connectivity index (χ1) is 12.8. The largest absolute Gasteiger partial charge is 0.496 e. The third-order valence-electron chi connectivity index (χ3n) is 4.09. The van der Waals surface area contributed by atoms with Crippen LogP contribution in [0.5, 0.6) is 5.75 Å². The normalized spacial score (nSPS) is 10.7. The molecular formula is C21H18N2O2S. The number of methoxy groups -OCH3 is 1. The minimum absolute atomic E-state index is 0.694. The third kappa shape index (κ3) is 3.48. The average molecular weight is 362 g/mol. The maximum atomic E-state index is 5.50. The Labute approximate surface area is 156 Å². The van der Waals surface area contributed by atoms with Gasteiger partial charge in [-0.2, -0.15) is 0 Å². The molecule has 4 rings (SSSR count). The summed E-state index contributed by atoms with van der Waals surface area (Å²) in [6.45, 7) is 0.766. The van der Waals surface area contributed by atoms with Gasteiger partial charge in [0.1, 0.15) is 5.75 Å². The van der Waals surface area contributed by atoms with E-state index in [2.05, 4.69) is 46.7 Å². The highest BCUT2D eigenvalue weighted by Gasteiger charge is 2.10. The number of aromatic nitrogens is 1. The van der Waals surface area contributed by atoms with E-state index in [-0.39, 0.29) is 0 Å². The van der Waals surface area contributed by atoms with Crippen molar-refractivity contribution >= 4 is 17.0 Å². The molecule has 2 aromatic carbocycles. The third-order valence-corrected chi connectivity index (χ3v) is 5.22. The van der Waals surface area contributed by atoms with Gasteiger partial charge in [-0.05, 0) is 29.8 Å². The standard InChI is InChI=1S/C21H18N2O2S/c1-24-19-11-16(7-9-18(19)20-13-22-14-25-20)23-12-17-8-10-21(26-17)15-5-3-2-4-6-15/h2-11,13-14,23H,12H2,1H3. The fourth-order valence-electron chi connectivity index (χ4n) is 2.77. The number of thiophene rings is 1. The highest BCUT2D eigenvalue weighted by molar-refractivity contribution is 7.15. The van der Waals surface area contributed by atoms with Crippen LogP contribution in [-0.2, 0) is 6.54 Å². The molecular weight excluding hydrogens is 344 g/mol. The van der Waals surface area contributed by atoms with Gasteiger partial charge in [-0.1, -0.05) is 30.3 Å². The molecule has 0 radical (unpaired) electrons. The van der Waals surface area contributed by atoms with Crippen LogP contribution >= 0.6 is 11.3 Å². The second-order valence-corrected chi connectivity index (χ2v) is 6.93. The van der Waals surface area contributed by atoms with E-state index in [1.165, 1.54) is 21.7 Å². The summed E-state index contributed by atoms with van der Waals surface area (Å²) < 4.78 is 10.9. The van der Waals surface area contributed by atoms with E-state index in [1.54, 1.807) is 24.6 Å². The SMILES string of the molecule is COc1cc(NCc2ccc(-c3ccccc3)s2)ccc1-c1cnco1. The summed E-state index contributed by atoms with van der Waals surface area (Å²) >= 11 is 1.80. The molecule has 2 heterocycles. The molecule has 5 heteroatoms. The minimum Gasteiger partial charge on any atom is -0.496 e. The Morgan fingerprint density at radius 3 is 2.73 bits per heavy atom. The van der Waals surface area contributed by atoms with E-state index in [0.29, 0.717) is 5.76 Å². The lowest BCUT2D eigenvalue weighted by Crippen LogP contribution is -1.98. The quantitative estimate of drug-likeness (QED) is 0.478. The first-order valence-electron chi connectivity index (χ1n) is 8.28. The van der Waals surface area contributed by atoms with Gasteiger partial charge in [0.25, 0.3) is 0 Å². The van der Waals surface area contributed by atoms with Crippen molar-refractivity contribution in [1.82, 2.24) is 4.98 Å². The molecule has 0 amide bonds. The molecule has 4 aromatic rings. The first kappa shape index (κ1) is 16.4. The lowest BCUT2D eigenvalue weighted by atomic mass is 10.1. The van der Waals surface area contributed by atoms with E-state index in [1.807, 2.05) is 24.3 Å². The van der Waals surface area contributed by atoms with Crippen LogP contribution < -0.4 is 10.1 Å². The summed E-state index contributed by atoms with van der Waals surface area (Å²) in [6, 6.07) is 20.7. The number of oxazole rings is 1. The average Bonchev–Trinajstić information content (AvgIpc) is 3.39. The highest BCUT2D eigenvalue weighted by atomic mass is 32.1. The number of hydrogen-bond acceptors (Lipinski definition) is 5. The van der Waals surface area contributed by atoms with E-state index < -0.39 is 0 Å². The molecule has 0 bridgehead atoms. The van der Waals surface area contributed by atoms with Gasteiger partial charge in [0.2, 0.25) is 0 Å². The summed E-state index contributed by atoms with van der Waals surface area (Å²) in [7, 11) is 1.66.